The molecule has 1 aliphatic heterocycles. The summed E-state index contributed by atoms with van der Waals surface area (Å²) in [5, 5.41) is 0. The molecule has 0 fully saturated rings. The van der Waals surface area contributed by atoms with E-state index in [2.05, 4.69) is 101 Å². The summed E-state index contributed by atoms with van der Waals surface area (Å²) in [5.74, 6) is 2.18. The molecule has 4 heterocycles. The maximum Gasteiger partial charge on any atom is 0.162 e. The Morgan fingerprint density at radius 2 is 1.68 bits per heavy atom. The van der Waals surface area contributed by atoms with E-state index in [9.17, 15) is 0 Å². The lowest BCUT2D eigenvalue weighted by atomic mass is 9.73. The van der Waals surface area contributed by atoms with Gasteiger partial charge in [0.1, 0.15) is 11.5 Å². The highest BCUT2D eigenvalue weighted by Gasteiger charge is 2.46. The van der Waals surface area contributed by atoms with Crippen molar-refractivity contribution >= 4 is 16.7 Å². The molecule has 0 saturated heterocycles. The molecule has 0 radical (unpaired) electrons. The molecule has 2 aliphatic rings. The first-order chi connectivity index (χ1) is 15.3. The Bertz CT molecular complexity index is 1550. The average molecular weight is 400 g/mol. The zero-order valence-corrected chi connectivity index (χ0v) is 17.1. The summed E-state index contributed by atoms with van der Waals surface area (Å²) in [7, 11) is 0. The van der Waals surface area contributed by atoms with Crippen LogP contribution in [0.4, 0.5) is 0 Å². The lowest BCUT2D eigenvalue weighted by molar-refractivity contribution is 0.546. The third-order valence-corrected chi connectivity index (χ3v) is 6.79. The van der Waals surface area contributed by atoms with Crippen LogP contribution in [0.1, 0.15) is 24.2 Å². The molecule has 31 heavy (non-hydrogen) atoms. The standard InChI is InChI=1S/C27H20N4/c1-27-17-8-7-12-19(27)21-15-9-16-23-29-26(24(27)30(21)23)31-22-14-6-5-13-20(22)28-25(31)18-10-3-2-4-11-18/h2-17,19H,1H3. The molecule has 0 N–H and O–H groups in total. The van der Waals surface area contributed by atoms with Crippen molar-refractivity contribution in [2.24, 2.45) is 0 Å². The second-order valence-electron chi connectivity index (χ2n) is 8.56. The number of hydrogen-bond donors (Lipinski definition) is 0. The van der Waals surface area contributed by atoms with Gasteiger partial charge < -0.3 is 0 Å². The Balaban J connectivity index is 1.63. The first-order valence-corrected chi connectivity index (χ1v) is 10.7. The molecular weight excluding hydrogens is 380 g/mol. The molecule has 0 bridgehead atoms. The summed E-state index contributed by atoms with van der Waals surface area (Å²) in [6.45, 7) is 2.33. The van der Waals surface area contributed by atoms with E-state index in [1.807, 2.05) is 12.1 Å². The number of pyridine rings is 1. The number of fused-ring (bicyclic) bond motifs is 4. The van der Waals surface area contributed by atoms with Crippen LogP contribution in [0, 0.1) is 0 Å². The lowest BCUT2D eigenvalue weighted by Crippen LogP contribution is -2.25. The predicted molar refractivity (Wildman–Crippen MR) is 124 cm³/mol. The van der Waals surface area contributed by atoms with Crippen molar-refractivity contribution < 1.29 is 0 Å². The Morgan fingerprint density at radius 3 is 2.58 bits per heavy atom. The number of nitrogens with zero attached hydrogens (tertiary/aromatic N) is 4. The van der Waals surface area contributed by atoms with Gasteiger partial charge in [-0.25, -0.2) is 9.97 Å². The number of hydrogen-bond acceptors (Lipinski definition) is 2. The van der Waals surface area contributed by atoms with E-state index < -0.39 is 0 Å². The summed E-state index contributed by atoms with van der Waals surface area (Å²) in [6, 6.07) is 25.2. The van der Waals surface area contributed by atoms with Crippen LogP contribution in [-0.4, -0.2) is 18.9 Å². The van der Waals surface area contributed by atoms with E-state index >= 15 is 0 Å². The molecule has 0 amide bonds. The van der Waals surface area contributed by atoms with Crippen LogP contribution in [0.2, 0.25) is 0 Å². The monoisotopic (exact) mass is 400 g/mol. The van der Waals surface area contributed by atoms with E-state index in [4.69, 9.17) is 9.97 Å². The normalized spacial score (nSPS) is 21.3. The molecule has 3 aromatic heterocycles. The van der Waals surface area contributed by atoms with Gasteiger partial charge in [-0.3, -0.25) is 8.97 Å². The van der Waals surface area contributed by atoms with Gasteiger partial charge in [-0.2, -0.15) is 0 Å². The number of rotatable bonds is 2. The zero-order chi connectivity index (χ0) is 20.6. The maximum atomic E-state index is 5.17. The Kier molecular flexibility index (Phi) is 3.16. The smallest absolute Gasteiger partial charge is 0.162 e. The van der Waals surface area contributed by atoms with E-state index in [1.54, 1.807) is 0 Å². The topological polar surface area (TPSA) is 35.1 Å². The predicted octanol–water partition coefficient (Wildman–Crippen LogP) is 5.82. The van der Waals surface area contributed by atoms with Crippen LogP contribution in [0.25, 0.3) is 33.9 Å². The van der Waals surface area contributed by atoms with Gasteiger partial charge in [0.05, 0.1) is 16.7 Å². The van der Waals surface area contributed by atoms with E-state index in [0.717, 1.165) is 33.9 Å². The van der Waals surface area contributed by atoms with Crippen molar-refractivity contribution in [3.05, 3.63) is 108 Å². The fourth-order valence-corrected chi connectivity index (χ4v) is 5.37. The summed E-state index contributed by atoms with van der Waals surface area (Å²) >= 11 is 0. The highest BCUT2D eigenvalue weighted by atomic mass is 15.2. The fourth-order valence-electron chi connectivity index (χ4n) is 5.37. The van der Waals surface area contributed by atoms with Crippen LogP contribution in [0.15, 0.2) is 97.1 Å². The number of aromatic nitrogens is 4. The molecule has 4 nitrogen and oxygen atoms in total. The number of para-hydroxylation sites is 2. The van der Waals surface area contributed by atoms with E-state index in [-0.39, 0.29) is 5.41 Å². The van der Waals surface area contributed by atoms with Crippen LogP contribution >= 0.6 is 0 Å². The van der Waals surface area contributed by atoms with Crippen molar-refractivity contribution in [3.63, 3.8) is 0 Å². The molecule has 5 aromatic rings. The van der Waals surface area contributed by atoms with Crippen molar-refractivity contribution in [1.29, 1.82) is 0 Å². The van der Waals surface area contributed by atoms with Gasteiger partial charge >= 0.3 is 0 Å². The molecule has 0 saturated carbocycles. The maximum absolute atomic E-state index is 5.17. The summed E-state index contributed by atoms with van der Waals surface area (Å²) < 4.78 is 4.60. The molecule has 148 valence electrons. The van der Waals surface area contributed by atoms with Gasteiger partial charge in [-0.15, -0.1) is 0 Å². The quantitative estimate of drug-likeness (QED) is 0.374. The third kappa shape index (κ3) is 2.09. The molecule has 1 aliphatic carbocycles. The summed E-state index contributed by atoms with van der Waals surface area (Å²) in [5.41, 5.74) is 6.48. The number of benzene rings is 2. The average Bonchev–Trinajstić information content (AvgIpc) is 3.46. The van der Waals surface area contributed by atoms with Crippen molar-refractivity contribution in [1.82, 2.24) is 18.9 Å². The Labute approximate surface area is 179 Å². The molecule has 0 spiro atoms. The van der Waals surface area contributed by atoms with Gasteiger partial charge in [0.15, 0.2) is 5.82 Å². The van der Waals surface area contributed by atoms with Gasteiger partial charge in [0.2, 0.25) is 0 Å². The van der Waals surface area contributed by atoms with Crippen molar-refractivity contribution in [3.8, 4) is 17.2 Å². The second kappa shape index (κ2) is 5.82. The Hall–Kier alpha value is -3.92. The number of allylic oxidation sites excluding steroid dienone is 4. The van der Waals surface area contributed by atoms with Crippen LogP contribution in [0.3, 0.4) is 0 Å². The van der Waals surface area contributed by atoms with Gasteiger partial charge in [0.25, 0.3) is 0 Å². The van der Waals surface area contributed by atoms with Gasteiger partial charge in [0, 0.05) is 22.6 Å². The van der Waals surface area contributed by atoms with Crippen molar-refractivity contribution in [2.75, 3.05) is 0 Å². The zero-order valence-electron chi connectivity index (χ0n) is 17.1. The molecule has 7 rings (SSSR count). The van der Waals surface area contributed by atoms with Gasteiger partial charge in [-0.1, -0.05) is 72.8 Å². The first kappa shape index (κ1) is 16.8. The largest absolute Gasteiger partial charge is 0.297 e. The minimum atomic E-state index is -0.160. The summed E-state index contributed by atoms with van der Waals surface area (Å²) in [4.78, 5) is 10.2. The van der Waals surface area contributed by atoms with Crippen LogP contribution in [0.5, 0.6) is 0 Å². The van der Waals surface area contributed by atoms with Crippen molar-refractivity contribution in [2.45, 2.75) is 18.3 Å². The minimum Gasteiger partial charge on any atom is -0.297 e. The highest BCUT2D eigenvalue weighted by molar-refractivity contribution is 5.84. The van der Waals surface area contributed by atoms with E-state index in [0.29, 0.717) is 5.92 Å². The van der Waals surface area contributed by atoms with E-state index in [1.165, 1.54) is 11.4 Å². The van der Waals surface area contributed by atoms with Crippen LogP contribution in [-0.2, 0) is 5.41 Å². The Morgan fingerprint density at radius 1 is 0.839 bits per heavy atom. The van der Waals surface area contributed by atoms with Crippen LogP contribution < -0.4 is 0 Å². The molecule has 2 unspecified atom stereocenters. The fraction of sp³-hybridized carbons (Fsp3) is 0.111. The molecule has 4 heteroatoms. The molecular formula is C27H20N4. The summed E-state index contributed by atoms with van der Waals surface area (Å²) in [6.07, 6.45) is 8.96. The number of imidazole rings is 2. The third-order valence-electron chi connectivity index (χ3n) is 6.79. The highest BCUT2D eigenvalue weighted by Crippen LogP contribution is 2.51. The lowest BCUT2D eigenvalue weighted by Gasteiger charge is -2.29. The molecule has 2 aromatic carbocycles. The SMILES string of the molecule is CC12C=CC=CC1c1cccc3nc(-n4c(-c5ccccc5)nc5ccccc54)c2n13. The minimum absolute atomic E-state index is 0.160. The molecule has 2 atom stereocenters. The second-order valence-corrected chi connectivity index (χ2v) is 8.56. The van der Waals surface area contributed by atoms with Gasteiger partial charge in [-0.05, 0) is 31.2 Å². The first-order valence-electron chi connectivity index (χ1n) is 10.7.